The number of rotatable bonds is 4. The van der Waals surface area contributed by atoms with Crippen LogP contribution in [0.1, 0.15) is 46.0 Å². The van der Waals surface area contributed by atoms with E-state index in [4.69, 9.17) is 4.74 Å². The number of nitrogens with one attached hydrogen (secondary N) is 1. The van der Waals surface area contributed by atoms with Crippen molar-refractivity contribution in [1.82, 2.24) is 10.2 Å². The van der Waals surface area contributed by atoms with Gasteiger partial charge in [0.05, 0.1) is 6.61 Å². The molecule has 1 N–H and O–H groups in total. The van der Waals surface area contributed by atoms with Gasteiger partial charge in [-0.05, 0) is 32.6 Å². The van der Waals surface area contributed by atoms with E-state index in [2.05, 4.69) is 5.32 Å². The minimum Gasteiger partial charge on any atom is -0.450 e. The fourth-order valence-electron chi connectivity index (χ4n) is 2.17. The van der Waals surface area contributed by atoms with E-state index < -0.39 is 0 Å². The molecule has 1 aliphatic heterocycles. The van der Waals surface area contributed by atoms with Crippen molar-refractivity contribution in [1.29, 1.82) is 0 Å². The molecule has 104 valence electrons. The average molecular weight is 256 g/mol. The molecule has 1 rings (SSSR count). The van der Waals surface area contributed by atoms with Crippen LogP contribution < -0.4 is 5.32 Å². The van der Waals surface area contributed by atoms with E-state index in [1.165, 1.54) is 0 Å². The number of carbonyl (C=O) groups is 2. The number of ether oxygens (including phenoxy) is 1. The van der Waals surface area contributed by atoms with Crippen LogP contribution in [0.4, 0.5) is 4.79 Å². The predicted octanol–water partition coefficient (Wildman–Crippen LogP) is 1.91. The first kappa shape index (κ1) is 14.8. The highest BCUT2D eigenvalue weighted by Gasteiger charge is 2.23. The van der Waals surface area contributed by atoms with Gasteiger partial charge in [-0.25, -0.2) is 4.79 Å². The molecule has 1 heterocycles. The maximum atomic E-state index is 11.7. The quantitative estimate of drug-likeness (QED) is 0.836. The third kappa shape index (κ3) is 4.94. The summed E-state index contributed by atoms with van der Waals surface area (Å²) in [5, 5.41) is 3.00. The fourth-order valence-corrected chi connectivity index (χ4v) is 2.17. The van der Waals surface area contributed by atoms with Crippen molar-refractivity contribution in [3.63, 3.8) is 0 Å². The van der Waals surface area contributed by atoms with E-state index in [9.17, 15) is 9.59 Å². The van der Waals surface area contributed by atoms with Gasteiger partial charge < -0.3 is 15.0 Å². The molecular formula is C13H24N2O3. The van der Waals surface area contributed by atoms with E-state index in [0.717, 1.165) is 32.2 Å². The molecular weight excluding hydrogens is 232 g/mol. The minimum atomic E-state index is -0.269. The first-order chi connectivity index (χ1) is 8.67. The van der Waals surface area contributed by atoms with Gasteiger partial charge >= 0.3 is 6.09 Å². The Hall–Kier alpha value is -1.26. The van der Waals surface area contributed by atoms with Crippen LogP contribution >= 0.6 is 0 Å². The summed E-state index contributed by atoms with van der Waals surface area (Å²) in [5.41, 5.74) is 0. The Balaban J connectivity index is 2.48. The Bertz CT molecular complexity index is 281. The number of hydrogen-bond acceptors (Lipinski definition) is 3. The Labute approximate surface area is 109 Å². The standard InChI is InChI=1S/C13H24N2O3/c1-3-7-12(16)14-11-8-5-6-9-15(10-11)13(17)18-4-2/h11H,3-10H2,1-2H3,(H,14,16). The average Bonchev–Trinajstić information content (AvgIpc) is 2.55. The van der Waals surface area contributed by atoms with E-state index in [-0.39, 0.29) is 18.0 Å². The highest BCUT2D eigenvalue weighted by molar-refractivity contribution is 5.76. The lowest BCUT2D eigenvalue weighted by Crippen LogP contribution is -2.44. The van der Waals surface area contributed by atoms with Crippen LogP contribution in [-0.2, 0) is 9.53 Å². The Morgan fingerprint density at radius 3 is 2.78 bits per heavy atom. The van der Waals surface area contributed by atoms with E-state index in [0.29, 0.717) is 19.6 Å². The number of likely N-dealkylation sites (tertiary alicyclic amines) is 1. The monoisotopic (exact) mass is 256 g/mol. The zero-order valence-corrected chi connectivity index (χ0v) is 11.4. The van der Waals surface area contributed by atoms with Crippen molar-refractivity contribution in [3.05, 3.63) is 0 Å². The molecule has 1 fully saturated rings. The van der Waals surface area contributed by atoms with E-state index >= 15 is 0 Å². The number of hydrogen-bond donors (Lipinski definition) is 1. The molecule has 2 amide bonds. The van der Waals surface area contributed by atoms with Crippen molar-refractivity contribution < 1.29 is 14.3 Å². The molecule has 0 saturated carbocycles. The normalized spacial score (nSPS) is 20.1. The summed E-state index contributed by atoms with van der Waals surface area (Å²) in [6.07, 6.45) is 4.07. The zero-order valence-electron chi connectivity index (χ0n) is 11.4. The zero-order chi connectivity index (χ0) is 13.4. The highest BCUT2D eigenvalue weighted by Crippen LogP contribution is 2.12. The van der Waals surface area contributed by atoms with Crippen LogP contribution in [0.5, 0.6) is 0 Å². The van der Waals surface area contributed by atoms with Gasteiger partial charge in [-0.15, -0.1) is 0 Å². The van der Waals surface area contributed by atoms with Crippen LogP contribution in [0.25, 0.3) is 0 Å². The molecule has 0 aromatic rings. The van der Waals surface area contributed by atoms with Gasteiger partial charge in [0.1, 0.15) is 0 Å². The largest absolute Gasteiger partial charge is 0.450 e. The summed E-state index contributed by atoms with van der Waals surface area (Å²) in [7, 11) is 0. The van der Waals surface area contributed by atoms with Crippen molar-refractivity contribution in [2.24, 2.45) is 0 Å². The third-order valence-corrected chi connectivity index (χ3v) is 3.04. The van der Waals surface area contributed by atoms with E-state index in [1.807, 2.05) is 6.92 Å². The minimum absolute atomic E-state index is 0.0657. The SMILES string of the molecule is CCCC(=O)NC1CCCCN(C(=O)OCC)C1. The molecule has 0 spiro atoms. The highest BCUT2D eigenvalue weighted by atomic mass is 16.6. The maximum absolute atomic E-state index is 11.7. The molecule has 5 nitrogen and oxygen atoms in total. The van der Waals surface area contributed by atoms with Crippen LogP contribution in [0.2, 0.25) is 0 Å². The second kappa shape index (κ2) is 7.95. The van der Waals surface area contributed by atoms with Crippen molar-refractivity contribution in [2.45, 2.75) is 52.0 Å². The molecule has 18 heavy (non-hydrogen) atoms. The second-order valence-corrected chi connectivity index (χ2v) is 4.66. The fraction of sp³-hybridized carbons (Fsp3) is 0.846. The van der Waals surface area contributed by atoms with Crippen LogP contribution in [0, 0.1) is 0 Å². The molecule has 5 heteroatoms. The van der Waals surface area contributed by atoms with Gasteiger partial charge in [-0.2, -0.15) is 0 Å². The molecule has 1 atom stereocenters. The van der Waals surface area contributed by atoms with Gasteiger partial charge in [-0.3, -0.25) is 4.79 Å². The first-order valence-electron chi connectivity index (χ1n) is 6.88. The molecule has 1 aliphatic rings. The molecule has 0 bridgehead atoms. The summed E-state index contributed by atoms with van der Waals surface area (Å²) in [6, 6.07) is 0.0657. The van der Waals surface area contributed by atoms with Crippen LogP contribution in [0.3, 0.4) is 0 Å². The molecule has 0 aromatic carbocycles. The maximum Gasteiger partial charge on any atom is 0.409 e. The first-order valence-corrected chi connectivity index (χ1v) is 6.88. The lowest BCUT2D eigenvalue weighted by atomic mass is 10.1. The molecule has 0 aliphatic carbocycles. The second-order valence-electron chi connectivity index (χ2n) is 4.66. The van der Waals surface area contributed by atoms with E-state index in [1.54, 1.807) is 11.8 Å². The molecule has 1 saturated heterocycles. The van der Waals surface area contributed by atoms with Gasteiger partial charge in [0.15, 0.2) is 0 Å². The van der Waals surface area contributed by atoms with Gasteiger partial charge in [0.2, 0.25) is 5.91 Å². The Kier molecular flexibility index (Phi) is 6.54. The summed E-state index contributed by atoms with van der Waals surface area (Å²) in [5.74, 6) is 0.0770. The predicted molar refractivity (Wildman–Crippen MR) is 69.3 cm³/mol. The van der Waals surface area contributed by atoms with Crippen molar-refractivity contribution in [2.75, 3.05) is 19.7 Å². The Morgan fingerprint density at radius 2 is 2.11 bits per heavy atom. The van der Waals surface area contributed by atoms with Crippen molar-refractivity contribution >= 4 is 12.0 Å². The number of carbonyl (C=O) groups excluding carboxylic acids is 2. The lowest BCUT2D eigenvalue weighted by Gasteiger charge is -2.24. The molecule has 1 unspecified atom stereocenters. The Morgan fingerprint density at radius 1 is 1.33 bits per heavy atom. The third-order valence-electron chi connectivity index (χ3n) is 3.04. The van der Waals surface area contributed by atoms with Gasteiger partial charge in [0, 0.05) is 25.6 Å². The molecule has 0 radical (unpaired) electrons. The number of amides is 2. The van der Waals surface area contributed by atoms with Crippen molar-refractivity contribution in [3.8, 4) is 0 Å². The number of nitrogens with zero attached hydrogens (tertiary/aromatic N) is 1. The summed E-state index contributed by atoms with van der Waals surface area (Å²) in [4.78, 5) is 25.0. The van der Waals surface area contributed by atoms with Gasteiger partial charge in [-0.1, -0.05) is 6.92 Å². The van der Waals surface area contributed by atoms with Gasteiger partial charge in [0.25, 0.3) is 0 Å². The molecule has 0 aromatic heterocycles. The smallest absolute Gasteiger partial charge is 0.409 e. The summed E-state index contributed by atoms with van der Waals surface area (Å²) in [6.45, 7) is 5.46. The summed E-state index contributed by atoms with van der Waals surface area (Å²) >= 11 is 0. The summed E-state index contributed by atoms with van der Waals surface area (Å²) < 4.78 is 5.01. The van der Waals surface area contributed by atoms with Crippen LogP contribution in [0.15, 0.2) is 0 Å². The topological polar surface area (TPSA) is 58.6 Å². The lowest BCUT2D eigenvalue weighted by molar-refractivity contribution is -0.121. The van der Waals surface area contributed by atoms with Crippen LogP contribution in [-0.4, -0.2) is 42.6 Å².